The maximum atomic E-state index is 11.5. The summed E-state index contributed by atoms with van der Waals surface area (Å²) >= 11 is 1.51. The Morgan fingerprint density at radius 3 is 2.65 bits per heavy atom. The molecule has 0 bridgehead atoms. The normalized spacial score (nSPS) is 13.8. The van der Waals surface area contributed by atoms with E-state index >= 15 is 0 Å². The number of carbonyl (C=O) groups excluding carboxylic acids is 1. The van der Waals surface area contributed by atoms with E-state index in [2.05, 4.69) is 5.32 Å². The number of ether oxygens (including phenoxy) is 1. The molecule has 0 radical (unpaired) electrons. The molecule has 0 heterocycles. The Hall–Kier alpha value is -1.20. The molecule has 2 N–H and O–H groups in total. The van der Waals surface area contributed by atoms with Gasteiger partial charge in [-0.2, -0.15) is 11.8 Å². The third-order valence-corrected chi connectivity index (χ3v) is 3.50. The van der Waals surface area contributed by atoms with Gasteiger partial charge in [0.2, 0.25) is 0 Å². The number of para-hydroxylation sites is 1. The minimum absolute atomic E-state index is 0.0218. The molecule has 0 aliphatic heterocycles. The summed E-state index contributed by atoms with van der Waals surface area (Å²) in [6.07, 6.45) is 1.39. The Balaban J connectivity index is 2.44. The third kappa shape index (κ3) is 4.66. The van der Waals surface area contributed by atoms with E-state index in [0.717, 1.165) is 0 Å². The van der Waals surface area contributed by atoms with Crippen LogP contribution in [-0.2, 0) is 0 Å². The fraction of sp³-hybridized carbons (Fsp3) is 0.417. The predicted octanol–water partition coefficient (Wildman–Crippen LogP) is 1.89. The van der Waals surface area contributed by atoms with E-state index in [-0.39, 0.29) is 17.9 Å². The molecule has 1 aromatic rings. The lowest BCUT2D eigenvalue weighted by Gasteiger charge is -2.20. The summed E-state index contributed by atoms with van der Waals surface area (Å²) in [7, 11) is 0. The smallest absolute Gasteiger partial charge is 0.410 e. The fourth-order valence-electron chi connectivity index (χ4n) is 1.34. The van der Waals surface area contributed by atoms with Crippen molar-refractivity contribution in [1.29, 1.82) is 0 Å². The lowest BCUT2D eigenvalue weighted by molar-refractivity contribution is 0.193. The molecule has 2 atom stereocenters. The number of thioether (sulfide) groups is 1. The van der Waals surface area contributed by atoms with Crippen molar-refractivity contribution in [3.8, 4) is 5.75 Å². The number of aliphatic hydroxyl groups excluding tert-OH is 1. The molecule has 94 valence electrons. The molecular formula is C12H17NO3S. The first-order valence-corrected chi connectivity index (χ1v) is 6.63. The molecule has 4 nitrogen and oxygen atoms in total. The van der Waals surface area contributed by atoms with E-state index in [0.29, 0.717) is 5.75 Å². The maximum Gasteiger partial charge on any atom is 0.412 e. The van der Waals surface area contributed by atoms with Gasteiger partial charge in [-0.05, 0) is 25.3 Å². The first-order valence-electron chi connectivity index (χ1n) is 5.34. The zero-order chi connectivity index (χ0) is 12.7. The molecule has 5 heteroatoms. The lowest BCUT2D eigenvalue weighted by Crippen LogP contribution is -2.42. The zero-order valence-electron chi connectivity index (χ0n) is 9.92. The predicted molar refractivity (Wildman–Crippen MR) is 69.5 cm³/mol. The van der Waals surface area contributed by atoms with Crippen molar-refractivity contribution >= 4 is 17.9 Å². The molecular weight excluding hydrogens is 238 g/mol. The van der Waals surface area contributed by atoms with Gasteiger partial charge in [0.25, 0.3) is 0 Å². The monoisotopic (exact) mass is 255 g/mol. The highest BCUT2D eigenvalue weighted by Gasteiger charge is 2.18. The molecule has 1 aromatic carbocycles. The van der Waals surface area contributed by atoms with Crippen LogP contribution in [0.25, 0.3) is 0 Å². The minimum atomic E-state index is -0.504. The van der Waals surface area contributed by atoms with Crippen molar-refractivity contribution in [2.45, 2.75) is 18.2 Å². The first-order chi connectivity index (χ1) is 8.17. The minimum Gasteiger partial charge on any atom is -0.410 e. The van der Waals surface area contributed by atoms with Gasteiger partial charge in [0, 0.05) is 11.3 Å². The second-order valence-electron chi connectivity index (χ2n) is 3.59. The van der Waals surface area contributed by atoms with Crippen molar-refractivity contribution in [2.24, 2.45) is 0 Å². The average molecular weight is 255 g/mol. The van der Waals surface area contributed by atoms with Crippen LogP contribution in [0.4, 0.5) is 4.79 Å². The Morgan fingerprint density at radius 2 is 2.12 bits per heavy atom. The molecule has 0 saturated carbocycles. The number of amides is 1. The summed E-state index contributed by atoms with van der Waals surface area (Å²) in [5.41, 5.74) is 0. The highest BCUT2D eigenvalue weighted by molar-refractivity contribution is 7.99. The highest BCUT2D eigenvalue weighted by Crippen LogP contribution is 2.12. The maximum absolute atomic E-state index is 11.5. The fourth-order valence-corrected chi connectivity index (χ4v) is 1.97. The van der Waals surface area contributed by atoms with E-state index < -0.39 is 6.09 Å². The number of hydrogen-bond acceptors (Lipinski definition) is 4. The van der Waals surface area contributed by atoms with Crippen LogP contribution in [0.15, 0.2) is 30.3 Å². The van der Waals surface area contributed by atoms with Crippen molar-refractivity contribution in [3.05, 3.63) is 30.3 Å². The Labute approximate surface area is 105 Å². The summed E-state index contributed by atoms with van der Waals surface area (Å²) in [6, 6.07) is 8.72. The van der Waals surface area contributed by atoms with Gasteiger partial charge in [0.1, 0.15) is 5.75 Å². The van der Waals surface area contributed by atoms with Crippen LogP contribution in [-0.4, -0.2) is 35.4 Å². The lowest BCUT2D eigenvalue weighted by atomic mass is 10.2. The van der Waals surface area contributed by atoms with Gasteiger partial charge >= 0.3 is 6.09 Å². The molecule has 1 rings (SSSR count). The second-order valence-corrected chi connectivity index (χ2v) is 4.67. The topological polar surface area (TPSA) is 58.6 Å². The van der Waals surface area contributed by atoms with E-state index in [4.69, 9.17) is 9.84 Å². The molecule has 0 aliphatic rings. The zero-order valence-corrected chi connectivity index (χ0v) is 10.7. The van der Waals surface area contributed by atoms with Gasteiger partial charge in [-0.3, -0.25) is 0 Å². The van der Waals surface area contributed by atoms with Crippen LogP contribution >= 0.6 is 11.8 Å². The van der Waals surface area contributed by atoms with E-state index in [1.54, 1.807) is 24.3 Å². The summed E-state index contributed by atoms with van der Waals surface area (Å²) in [5.74, 6) is 0.502. The van der Waals surface area contributed by atoms with Crippen LogP contribution in [0.2, 0.25) is 0 Å². The Morgan fingerprint density at radius 1 is 1.47 bits per heavy atom. The number of hydrogen-bond donors (Lipinski definition) is 2. The second kappa shape index (κ2) is 7.19. The summed E-state index contributed by atoms with van der Waals surface area (Å²) in [4.78, 5) is 11.5. The highest BCUT2D eigenvalue weighted by atomic mass is 32.2. The third-order valence-electron chi connectivity index (χ3n) is 2.34. The van der Waals surface area contributed by atoms with Crippen molar-refractivity contribution in [3.63, 3.8) is 0 Å². The standard InChI is InChI=1S/C12H17NO3S/c1-9(11(8-14)17-2)13-12(15)16-10-6-4-3-5-7-10/h3-7,9,11,14H,8H2,1-2H3,(H,13,15). The largest absolute Gasteiger partial charge is 0.412 e. The molecule has 2 unspecified atom stereocenters. The quantitative estimate of drug-likeness (QED) is 0.843. The van der Waals surface area contributed by atoms with Crippen LogP contribution in [0, 0.1) is 0 Å². The summed E-state index contributed by atoms with van der Waals surface area (Å²) < 4.78 is 5.08. The summed E-state index contributed by atoms with van der Waals surface area (Å²) in [5, 5.41) is 11.7. The number of benzene rings is 1. The SMILES string of the molecule is CSC(CO)C(C)NC(=O)Oc1ccccc1. The van der Waals surface area contributed by atoms with Crippen LogP contribution in [0.5, 0.6) is 5.75 Å². The van der Waals surface area contributed by atoms with E-state index in [9.17, 15) is 4.79 Å². The van der Waals surface area contributed by atoms with Gasteiger partial charge < -0.3 is 15.2 Å². The number of carbonyl (C=O) groups is 1. The molecule has 0 spiro atoms. The number of rotatable bonds is 5. The van der Waals surface area contributed by atoms with Crippen LogP contribution in [0.3, 0.4) is 0 Å². The van der Waals surface area contributed by atoms with E-state index in [1.807, 2.05) is 19.2 Å². The van der Waals surface area contributed by atoms with Gasteiger partial charge in [-0.25, -0.2) is 4.79 Å². The Bertz CT molecular complexity index is 341. The van der Waals surface area contributed by atoms with Gasteiger partial charge in [-0.1, -0.05) is 18.2 Å². The molecule has 0 fully saturated rings. The van der Waals surface area contributed by atoms with Crippen molar-refractivity contribution in [2.75, 3.05) is 12.9 Å². The molecule has 0 saturated heterocycles. The molecule has 17 heavy (non-hydrogen) atoms. The number of nitrogens with one attached hydrogen (secondary N) is 1. The Kier molecular flexibility index (Phi) is 5.86. The first kappa shape index (κ1) is 13.9. The van der Waals surface area contributed by atoms with Crippen LogP contribution in [0.1, 0.15) is 6.92 Å². The summed E-state index contributed by atoms with van der Waals surface area (Å²) in [6.45, 7) is 1.86. The van der Waals surface area contributed by atoms with Crippen LogP contribution < -0.4 is 10.1 Å². The van der Waals surface area contributed by atoms with Gasteiger partial charge in [0.05, 0.1) is 6.61 Å². The average Bonchev–Trinajstić information content (AvgIpc) is 2.31. The number of aliphatic hydroxyl groups is 1. The van der Waals surface area contributed by atoms with Gasteiger partial charge in [-0.15, -0.1) is 0 Å². The molecule has 0 aliphatic carbocycles. The van der Waals surface area contributed by atoms with Crippen molar-refractivity contribution < 1.29 is 14.6 Å². The van der Waals surface area contributed by atoms with E-state index in [1.165, 1.54) is 11.8 Å². The van der Waals surface area contributed by atoms with Crippen molar-refractivity contribution in [1.82, 2.24) is 5.32 Å². The van der Waals surface area contributed by atoms with Gasteiger partial charge in [0.15, 0.2) is 0 Å². The molecule has 0 aromatic heterocycles. The molecule has 1 amide bonds.